The van der Waals surface area contributed by atoms with E-state index in [0.29, 0.717) is 0 Å². The monoisotopic (exact) mass is 251 g/mol. The minimum atomic E-state index is 0.822. The lowest BCUT2D eigenvalue weighted by molar-refractivity contribution is 0.205. The van der Waals surface area contributed by atoms with Crippen LogP contribution in [0.15, 0.2) is 0 Å². The average Bonchev–Trinajstić information content (AvgIpc) is 2.88. The van der Waals surface area contributed by atoms with Crippen molar-refractivity contribution in [3.63, 3.8) is 0 Å². The Hall–Kier alpha value is -0.0400. The Balaban J connectivity index is 1.61. The maximum atomic E-state index is 3.88. The van der Waals surface area contributed by atoms with Gasteiger partial charge in [-0.2, -0.15) is 0 Å². The molecule has 2 atom stereocenters. The molecule has 106 valence electrons. The van der Waals surface area contributed by atoms with Crippen LogP contribution in [0.1, 0.15) is 78.1 Å². The van der Waals surface area contributed by atoms with Gasteiger partial charge in [-0.25, -0.2) is 0 Å². The molecule has 1 N–H and O–H groups in total. The van der Waals surface area contributed by atoms with E-state index < -0.39 is 0 Å². The first-order valence-corrected chi connectivity index (χ1v) is 8.50. The third-order valence-corrected chi connectivity index (χ3v) is 5.35. The Morgan fingerprint density at radius 3 is 2.33 bits per heavy atom. The van der Waals surface area contributed by atoms with Crippen LogP contribution >= 0.6 is 0 Å². The van der Waals surface area contributed by atoms with Crippen LogP contribution < -0.4 is 5.32 Å². The summed E-state index contributed by atoms with van der Waals surface area (Å²) in [4.78, 5) is 0. The Morgan fingerprint density at radius 2 is 1.61 bits per heavy atom. The molecule has 2 rings (SSSR count). The van der Waals surface area contributed by atoms with Crippen molar-refractivity contribution in [3.05, 3.63) is 0 Å². The number of hydrogen-bond donors (Lipinski definition) is 1. The van der Waals surface area contributed by atoms with Crippen LogP contribution in [0.25, 0.3) is 0 Å². The molecule has 0 radical (unpaired) electrons. The molecule has 0 spiro atoms. The van der Waals surface area contributed by atoms with E-state index in [1.807, 2.05) is 0 Å². The predicted octanol–water partition coefficient (Wildman–Crippen LogP) is 4.76. The standard InChI is InChI=1S/C17H33N/c1-14(2)16-11-5-6-12-17(16)18-13-7-10-15-8-3-4-9-15/h14-18H,3-13H2,1-2H3. The first kappa shape index (κ1) is 14.4. The van der Waals surface area contributed by atoms with Gasteiger partial charge in [0.05, 0.1) is 0 Å². The van der Waals surface area contributed by atoms with Gasteiger partial charge in [-0.3, -0.25) is 0 Å². The van der Waals surface area contributed by atoms with Gasteiger partial charge < -0.3 is 5.32 Å². The smallest absolute Gasteiger partial charge is 0.00977 e. The van der Waals surface area contributed by atoms with Gasteiger partial charge in [0.2, 0.25) is 0 Å². The molecule has 1 nitrogen and oxygen atoms in total. The molecule has 0 heterocycles. The summed E-state index contributed by atoms with van der Waals surface area (Å²) >= 11 is 0. The minimum absolute atomic E-state index is 0.822. The zero-order valence-corrected chi connectivity index (χ0v) is 12.6. The van der Waals surface area contributed by atoms with Crippen molar-refractivity contribution in [2.45, 2.75) is 84.1 Å². The molecule has 2 aliphatic rings. The van der Waals surface area contributed by atoms with E-state index in [2.05, 4.69) is 19.2 Å². The Labute approximate surface area is 114 Å². The Bertz CT molecular complexity index is 218. The van der Waals surface area contributed by atoms with Gasteiger partial charge >= 0.3 is 0 Å². The topological polar surface area (TPSA) is 12.0 Å². The van der Waals surface area contributed by atoms with Crippen LogP contribution in [0.2, 0.25) is 0 Å². The quantitative estimate of drug-likeness (QED) is 0.671. The van der Waals surface area contributed by atoms with Crippen molar-refractivity contribution in [2.24, 2.45) is 17.8 Å². The maximum absolute atomic E-state index is 3.88. The molecule has 2 unspecified atom stereocenters. The fraction of sp³-hybridized carbons (Fsp3) is 1.00. The minimum Gasteiger partial charge on any atom is -0.314 e. The van der Waals surface area contributed by atoms with Crippen LogP contribution in [0, 0.1) is 17.8 Å². The van der Waals surface area contributed by atoms with Crippen molar-refractivity contribution < 1.29 is 0 Å². The van der Waals surface area contributed by atoms with E-state index in [-0.39, 0.29) is 0 Å². The third kappa shape index (κ3) is 4.26. The summed E-state index contributed by atoms with van der Waals surface area (Å²) < 4.78 is 0. The van der Waals surface area contributed by atoms with E-state index in [1.54, 1.807) is 0 Å². The molecule has 1 heteroatoms. The van der Waals surface area contributed by atoms with E-state index in [0.717, 1.165) is 23.8 Å². The Kier molecular flexibility index (Phi) is 6.01. The van der Waals surface area contributed by atoms with Crippen LogP contribution in [0.4, 0.5) is 0 Å². The molecule has 2 saturated carbocycles. The van der Waals surface area contributed by atoms with E-state index in [9.17, 15) is 0 Å². The molecule has 0 bridgehead atoms. The second kappa shape index (κ2) is 7.53. The van der Waals surface area contributed by atoms with Crippen molar-refractivity contribution >= 4 is 0 Å². The molecule has 0 aliphatic heterocycles. The molecule has 2 aliphatic carbocycles. The highest BCUT2D eigenvalue weighted by atomic mass is 14.9. The van der Waals surface area contributed by atoms with Crippen LogP contribution in [0.3, 0.4) is 0 Å². The average molecular weight is 251 g/mol. The fourth-order valence-electron chi connectivity index (χ4n) is 4.19. The first-order valence-electron chi connectivity index (χ1n) is 8.50. The van der Waals surface area contributed by atoms with Crippen molar-refractivity contribution in [3.8, 4) is 0 Å². The van der Waals surface area contributed by atoms with Crippen LogP contribution in [0.5, 0.6) is 0 Å². The molecule has 0 aromatic heterocycles. The van der Waals surface area contributed by atoms with Crippen molar-refractivity contribution in [1.82, 2.24) is 5.32 Å². The van der Waals surface area contributed by atoms with Gasteiger partial charge in [-0.1, -0.05) is 52.4 Å². The second-order valence-corrected chi connectivity index (χ2v) is 7.05. The summed E-state index contributed by atoms with van der Waals surface area (Å²) in [5, 5.41) is 3.88. The number of hydrogen-bond acceptors (Lipinski definition) is 1. The van der Waals surface area contributed by atoms with Gasteiger partial charge in [-0.15, -0.1) is 0 Å². The lowest BCUT2D eigenvalue weighted by Gasteiger charge is -2.35. The van der Waals surface area contributed by atoms with Gasteiger partial charge in [0.1, 0.15) is 0 Å². The molecule has 0 aromatic carbocycles. The summed E-state index contributed by atoms with van der Waals surface area (Å²) in [6, 6.07) is 0.822. The van der Waals surface area contributed by atoms with Crippen molar-refractivity contribution in [2.75, 3.05) is 6.54 Å². The lowest BCUT2D eigenvalue weighted by Crippen LogP contribution is -2.41. The highest BCUT2D eigenvalue weighted by Gasteiger charge is 2.26. The fourth-order valence-corrected chi connectivity index (χ4v) is 4.19. The zero-order valence-electron chi connectivity index (χ0n) is 12.6. The first-order chi connectivity index (χ1) is 8.77. The van der Waals surface area contributed by atoms with E-state index in [4.69, 9.17) is 0 Å². The van der Waals surface area contributed by atoms with Gasteiger partial charge in [0, 0.05) is 6.04 Å². The van der Waals surface area contributed by atoms with Gasteiger partial charge in [0.15, 0.2) is 0 Å². The number of rotatable bonds is 6. The van der Waals surface area contributed by atoms with E-state index in [1.165, 1.54) is 70.8 Å². The summed E-state index contributed by atoms with van der Waals surface area (Å²) in [7, 11) is 0. The second-order valence-electron chi connectivity index (χ2n) is 7.05. The van der Waals surface area contributed by atoms with Crippen molar-refractivity contribution in [1.29, 1.82) is 0 Å². The van der Waals surface area contributed by atoms with Gasteiger partial charge in [-0.05, 0) is 50.0 Å². The summed E-state index contributed by atoms with van der Waals surface area (Å²) in [5.41, 5.74) is 0. The van der Waals surface area contributed by atoms with Crippen LogP contribution in [-0.2, 0) is 0 Å². The van der Waals surface area contributed by atoms with E-state index >= 15 is 0 Å². The lowest BCUT2D eigenvalue weighted by atomic mass is 9.78. The highest BCUT2D eigenvalue weighted by molar-refractivity contribution is 4.82. The largest absolute Gasteiger partial charge is 0.314 e. The predicted molar refractivity (Wildman–Crippen MR) is 79.8 cm³/mol. The maximum Gasteiger partial charge on any atom is 0.00977 e. The summed E-state index contributed by atoms with van der Waals surface area (Å²) in [6.07, 6.45) is 14.7. The SMILES string of the molecule is CC(C)C1CCCCC1NCCCC1CCCC1. The molecule has 0 amide bonds. The third-order valence-electron chi connectivity index (χ3n) is 5.35. The molecule has 0 saturated heterocycles. The molecule has 2 fully saturated rings. The zero-order chi connectivity index (χ0) is 12.8. The molecule has 0 aromatic rings. The highest BCUT2D eigenvalue weighted by Crippen LogP contribution is 2.31. The van der Waals surface area contributed by atoms with Gasteiger partial charge in [0.25, 0.3) is 0 Å². The summed E-state index contributed by atoms with van der Waals surface area (Å²) in [6.45, 7) is 6.08. The van der Waals surface area contributed by atoms with Crippen LogP contribution in [-0.4, -0.2) is 12.6 Å². The Morgan fingerprint density at radius 1 is 0.944 bits per heavy atom. The molecule has 18 heavy (non-hydrogen) atoms. The normalized spacial score (nSPS) is 30.2. The summed E-state index contributed by atoms with van der Waals surface area (Å²) in [5.74, 6) is 2.86. The number of nitrogens with one attached hydrogen (secondary N) is 1. The molecular formula is C17H33N. The molecular weight excluding hydrogens is 218 g/mol.